The molecule has 478 valence electrons. The van der Waals surface area contributed by atoms with E-state index in [-0.39, 0.29) is 90.9 Å². The quantitative estimate of drug-likeness (QED) is 0.0841. The van der Waals surface area contributed by atoms with Gasteiger partial charge in [-0.2, -0.15) is 12.6 Å². The van der Waals surface area contributed by atoms with Crippen LogP contribution in [0.4, 0.5) is 0 Å². The van der Waals surface area contributed by atoms with Gasteiger partial charge in [0.1, 0.15) is 0 Å². The minimum atomic E-state index is -0.515. The number of aromatic hydroxyl groups is 1. The van der Waals surface area contributed by atoms with E-state index in [1.54, 1.807) is 6.08 Å². The van der Waals surface area contributed by atoms with E-state index in [1.165, 1.54) is 36.5 Å². The Hall–Kier alpha value is -4.47. The summed E-state index contributed by atoms with van der Waals surface area (Å²) < 4.78 is 20.9. The van der Waals surface area contributed by atoms with Crippen LogP contribution in [0, 0.1) is 67.5 Å². The van der Waals surface area contributed by atoms with E-state index in [0.717, 1.165) is 119 Å². The summed E-state index contributed by atoms with van der Waals surface area (Å²) in [5.41, 5.74) is 19.9. The molecule has 13 nitrogen and oxygen atoms in total. The van der Waals surface area contributed by atoms with Gasteiger partial charge >= 0.3 is 11.9 Å². The number of fused-ring (bicyclic) bond motifs is 14. The first-order valence-corrected chi connectivity index (χ1v) is 33.1. The molecule has 6 saturated carbocycles. The molecule has 13 atom stereocenters. The molecule has 2 amide bonds. The highest BCUT2D eigenvalue weighted by Crippen LogP contribution is 2.77. The standard InChI is InChI=1S/C35H51NO5S.C32H43NO5.C3H8S.CH4O/c1-20(2)42-24-17-25-33(6,22-16-23(37)29(21(3)28(22)24)41-19-27(38)40-9)13-15-35(8)26-18-32(5,30(36)39)11-10-31(26,4)12-14-34(25,35)7;1-19-20-8-9-23-30(4,21(20)16-22(34)26(19)38-18-25(35)37-7)13-15-32(6)24-17-29(3,27(33)36)11-10-28(24,2)12-14-31(23,32)5;1-3(2)4;1-2/h16-17,20,24,26,37H,10-15,18-19H2,1-9H3,(H2,36,39);8-9,16,24H,10-15,17-18H2,1-7H3,(H2,33,36);3-4H,1-2H3;2H,1H3/t24?,26-,31-,32-,33+,34-,35+;24-,28-,29-,30+,31-,32+;;/m11../s1. The molecule has 6 N–H and O–H groups in total. The number of primary amides is 2. The molecular formula is C71H106N2O11S2. The third-order valence-electron chi connectivity index (χ3n) is 24.6. The van der Waals surface area contributed by atoms with Crippen LogP contribution in [0.5, 0.6) is 11.5 Å². The second-order valence-corrected chi connectivity index (χ2v) is 32.9. The number of hydrogen-bond donors (Lipinski definition) is 5. The first-order valence-electron chi connectivity index (χ1n) is 31.6. The molecule has 1 aromatic rings. The van der Waals surface area contributed by atoms with E-state index in [4.69, 9.17) is 30.8 Å². The summed E-state index contributed by atoms with van der Waals surface area (Å²) in [5.74, 6) is -0.0479. The van der Waals surface area contributed by atoms with Gasteiger partial charge in [0, 0.05) is 39.6 Å². The number of ketones is 1. The average Bonchev–Trinajstić information content (AvgIpc) is 0.687. The third-order valence-corrected chi connectivity index (χ3v) is 25.8. The number of rotatable bonds is 10. The van der Waals surface area contributed by atoms with Gasteiger partial charge in [-0.1, -0.05) is 126 Å². The van der Waals surface area contributed by atoms with Crippen LogP contribution >= 0.6 is 24.4 Å². The topological polar surface area (TPSA) is 215 Å². The molecular weight excluding hydrogens is 1120 g/mol. The van der Waals surface area contributed by atoms with E-state index in [1.807, 2.05) is 45.5 Å². The van der Waals surface area contributed by atoms with Gasteiger partial charge in [-0.25, -0.2) is 9.59 Å². The summed E-state index contributed by atoms with van der Waals surface area (Å²) in [6, 6.07) is 1.92. The number of thioether (sulfide) groups is 1. The molecule has 15 heteroatoms. The highest BCUT2D eigenvalue weighted by Gasteiger charge is 2.69. The molecule has 0 aliphatic heterocycles. The summed E-state index contributed by atoms with van der Waals surface area (Å²) in [6.07, 6.45) is 22.8. The fourth-order valence-electron chi connectivity index (χ4n) is 18.7. The largest absolute Gasteiger partial charge is 0.504 e. The molecule has 86 heavy (non-hydrogen) atoms. The highest BCUT2D eigenvalue weighted by atomic mass is 32.2. The molecule has 0 heterocycles. The van der Waals surface area contributed by atoms with Gasteiger partial charge in [-0.15, -0.1) is 11.8 Å². The minimum Gasteiger partial charge on any atom is -0.504 e. The van der Waals surface area contributed by atoms with E-state index >= 15 is 0 Å². The van der Waals surface area contributed by atoms with Crippen LogP contribution in [-0.2, 0) is 43.6 Å². The maximum atomic E-state index is 13.3. The number of carbonyl (C=O) groups is 5. The smallest absolute Gasteiger partial charge is 0.343 e. The van der Waals surface area contributed by atoms with Gasteiger partial charge in [0.05, 0.1) is 14.2 Å². The molecule has 0 saturated heterocycles. The van der Waals surface area contributed by atoms with Crippen molar-refractivity contribution in [1.82, 2.24) is 0 Å². The van der Waals surface area contributed by atoms with Crippen LogP contribution in [0.1, 0.15) is 216 Å². The van der Waals surface area contributed by atoms with Gasteiger partial charge < -0.3 is 40.6 Å². The zero-order valence-corrected chi connectivity index (χ0v) is 57.4. The van der Waals surface area contributed by atoms with Gasteiger partial charge in [0.2, 0.25) is 17.6 Å². The third kappa shape index (κ3) is 11.3. The molecule has 0 aromatic heterocycles. The normalized spacial score (nSPS) is 38.0. The Balaban J connectivity index is 0.000000226. The number of phenols is 1. The lowest BCUT2D eigenvalue weighted by atomic mass is 9.34. The maximum absolute atomic E-state index is 13.3. The van der Waals surface area contributed by atoms with Gasteiger partial charge in [0.15, 0.2) is 30.5 Å². The summed E-state index contributed by atoms with van der Waals surface area (Å²) in [6.45, 7) is 35.5. The van der Waals surface area contributed by atoms with Crippen molar-refractivity contribution in [2.75, 3.05) is 34.5 Å². The molecule has 9 aliphatic carbocycles. The van der Waals surface area contributed by atoms with E-state index < -0.39 is 22.8 Å². The number of hydrogen-bond acceptors (Lipinski definition) is 13. The van der Waals surface area contributed by atoms with Crippen LogP contribution < -0.4 is 16.2 Å². The van der Waals surface area contributed by atoms with Crippen molar-refractivity contribution in [3.05, 3.63) is 80.7 Å². The minimum absolute atomic E-state index is 0.0206. The molecule has 0 bridgehead atoms. The fourth-order valence-corrected chi connectivity index (χ4v) is 20.0. The molecule has 1 aromatic carbocycles. The number of esters is 2. The highest BCUT2D eigenvalue weighted by molar-refractivity contribution is 8.00. The van der Waals surface area contributed by atoms with Crippen LogP contribution in [0.3, 0.4) is 0 Å². The van der Waals surface area contributed by atoms with E-state index in [0.29, 0.717) is 28.1 Å². The Morgan fingerprint density at radius 2 is 1.12 bits per heavy atom. The lowest BCUT2D eigenvalue weighted by Gasteiger charge is -2.70. The van der Waals surface area contributed by atoms with E-state index in [9.17, 15) is 29.1 Å². The molecule has 6 fully saturated rings. The molecule has 0 radical (unpaired) electrons. The van der Waals surface area contributed by atoms with Crippen molar-refractivity contribution >= 4 is 53.9 Å². The summed E-state index contributed by atoms with van der Waals surface area (Å²) in [5, 5.41) is 19.3. The van der Waals surface area contributed by atoms with Crippen molar-refractivity contribution in [3.63, 3.8) is 0 Å². The van der Waals surface area contributed by atoms with Gasteiger partial charge in [-0.05, 0) is 199 Å². The lowest BCUT2D eigenvalue weighted by Crippen LogP contribution is -2.63. The van der Waals surface area contributed by atoms with Crippen molar-refractivity contribution in [3.8, 4) is 11.5 Å². The maximum Gasteiger partial charge on any atom is 0.343 e. The number of nitrogens with two attached hydrogens (primary N) is 2. The number of allylic oxidation sites excluding steroid dienone is 8. The van der Waals surface area contributed by atoms with Crippen molar-refractivity contribution in [1.29, 1.82) is 0 Å². The lowest BCUT2D eigenvalue weighted by molar-refractivity contribution is -0.167. The monoisotopic (exact) mass is 1230 g/mol. The van der Waals surface area contributed by atoms with Crippen molar-refractivity contribution in [2.45, 2.75) is 222 Å². The average molecular weight is 1230 g/mol. The predicted octanol–water partition coefficient (Wildman–Crippen LogP) is 14.2. The molecule has 0 spiro atoms. The predicted molar refractivity (Wildman–Crippen MR) is 346 cm³/mol. The zero-order chi connectivity index (χ0) is 64.5. The summed E-state index contributed by atoms with van der Waals surface area (Å²) >= 11 is 5.89. The molecule has 10 rings (SSSR count). The Morgan fingerprint density at radius 1 is 0.663 bits per heavy atom. The number of phenolic OH excluding ortho intramolecular Hbond substituents is 1. The Kier molecular flexibility index (Phi) is 19.6. The number of aliphatic hydroxyl groups is 1. The van der Waals surface area contributed by atoms with Gasteiger partial charge in [0.25, 0.3) is 0 Å². The SMILES string of the molecule is CC(C)S.CO.COC(=O)COC1=C(C)C2=CC=C3[C@@](C)(CC[C@@]4(C)[C@@H]5C[C@](C)(C(N)=O)CC[C@]5(C)CC[C@]34C)C2=CC1=O.COC(=O)COc1c(O)cc2c(c1C)C(SC(C)C)C=C1[C@@]2(C)CC[C@@]2(C)[C@@H]3C[C@](C)(C(N)=O)CC[C@]3(C)CC[C@]12C. The van der Waals surface area contributed by atoms with Crippen LogP contribution in [0.2, 0.25) is 0 Å². The first kappa shape index (κ1) is 69.0. The number of methoxy groups -OCH3 is 2. The number of thiol groups is 1. The van der Waals surface area contributed by atoms with Crippen molar-refractivity contribution in [2.24, 2.45) is 72.0 Å². The molecule has 9 aliphatic rings. The first-order chi connectivity index (χ1) is 39.8. The zero-order valence-electron chi connectivity index (χ0n) is 55.7. The number of amides is 2. The second-order valence-electron chi connectivity index (χ2n) is 30.2. The Morgan fingerprint density at radius 3 is 1.58 bits per heavy atom. The van der Waals surface area contributed by atoms with Gasteiger partial charge in [-0.3, -0.25) is 14.4 Å². The Labute approximate surface area is 524 Å². The van der Waals surface area contributed by atoms with E-state index in [2.05, 4.69) is 119 Å². The fraction of sp³-hybridized carbons (Fsp3) is 0.704. The second kappa shape index (κ2) is 24.4. The summed E-state index contributed by atoms with van der Waals surface area (Å²) in [4.78, 5) is 62.0. The number of ether oxygens (including phenoxy) is 4. The number of carbonyl (C=O) groups excluding carboxylic acids is 5. The molecule has 1 unspecified atom stereocenters. The van der Waals surface area contributed by atoms with Crippen LogP contribution in [0.15, 0.2) is 64.0 Å². The van der Waals surface area contributed by atoms with Crippen LogP contribution in [0.25, 0.3) is 0 Å². The van der Waals surface area contributed by atoms with Crippen LogP contribution in [-0.4, -0.2) is 84.8 Å². The van der Waals surface area contributed by atoms with Crippen molar-refractivity contribution < 1.29 is 53.1 Å². The number of benzene rings is 1. The Bertz CT molecular complexity index is 3050. The number of aliphatic hydroxyl groups excluding tert-OH is 1. The summed E-state index contributed by atoms with van der Waals surface area (Å²) in [7, 11) is 3.64.